The van der Waals surface area contributed by atoms with Crippen molar-refractivity contribution in [2.45, 2.75) is 13.8 Å². The lowest BCUT2D eigenvalue weighted by Crippen LogP contribution is -2.23. The number of thioether (sulfide) groups is 1. The standard InChI is InChI=1S/C23H20BrN3OS/c1-15-9-10-18(12-16(15)2)25-23-26(3)22(28)21(29-23)14-20-8-5-11-27(20)19-7-4-6-17(24)13-19/h4-14H,1-3H3/b21-14-,25-23?. The van der Waals surface area contributed by atoms with Crippen molar-refractivity contribution < 1.29 is 4.79 Å². The highest BCUT2D eigenvalue weighted by Crippen LogP contribution is 2.34. The molecule has 0 bridgehead atoms. The molecule has 0 saturated carbocycles. The average Bonchev–Trinajstić information content (AvgIpc) is 3.26. The molecule has 0 N–H and O–H groups in total. The first-order chi connectivity index (χ1) is 13.9. The van der Waals surface area contributed by atoms with Gasteiger partial charge < -0.3 is 4.57 Å². The summed E-state index contributed by atoms with van der Waals surface area (Å²) >= 11 is 4.92. The number of hydrogen-bond acceptors (Lipinski definition) is 3. The maximum absolute atomic E-state index is 12.8. The number of carbonyl (C=O) groups is 1. The van der Waals surface area contributed by atoms with Gasteiger partial charge in [-0.2, -0.15) is 0 Å². The average molecular weight is 466 g/mol. The molecule has 0 radical (unpaired) electrons. The molecule has 0 atom stereocenters. The number of nitrogens with zero attached hydrogens (tertiary/aromatic N) is 3. The number of aromatic nitrogens is 1. The summed E-state index contributed by atoms with van der Waals surface area (Å²) in [5.41, 5.74) is 5.25. The zero-order chi connectivity index (χ0) is 20.5. The largest absolute Gasteiger partial charge is 0.317 e. The van der Waals surface area contributed by atoms with E-state index in [0.717, 1.165) is 21.5 Å². The Hall–Kier alpha value is -2.57. The van der Waals surface area contributed by atoms with Crippen LogP contribution in [0.2, 0.25) is 0 Å². The van der Waals surface area contributed by atoms with E-state index < -0.39 is 0 Å². The number of benzene rings is 2. The second kappa shape index (κ2) is 8.05. The highest BCUT2D eigenvalue weighted by molar-refractivity contribution is 9.10. The van der Waals surface area contributed by atoms with Crippen LogP contribution < -0.4 is 0 Å². The third kappa shape index (κ3) is 4.09. The summed E-state index contributed by atoms with van der Waals surface area (Å²) in [6.45, 7) is 4.14. The van der Waals surface area contributed by atoms with Gasteiger partial charge in [0.25, 0.3) is 5.91 Å². The number of amides is 1. The van der Waals surface area contributed by atoms with Crippen LogP contribution in [0, 0.1) is 13.8 Å². The number of rotatable bonds is 3. The Bertz CT molecular complexity index is 1160. The van der Waals surface area contributed by atoms with Crippen LogP contribution >= 0.6 is 27.7 Å². The van der Waals surface area contributed by atoms with Crippen LogP contribution in [-0.2, 0) is 4.79 Å². The van der Waals surface area contributed by atoms with Crippen LogP contribution in [-0.4, -0.2) is 27.6 Å². The second-order valence-electron chi connectivity index (χ2n) is 6.92. The Morgan fingerprint density at radius 2 is 1.86 bits per heavy atom. The van der Waals surface area contributed by atoms with E-state index in [9.17, 15) is 4.79 Å². The summed E-state index contributed by atoms with van der Waals surface area (Å²) in [6, 6.07) is 18.1. The Morgan fingerprint density at radius 3 is 2.62 bits per heavy atom. The summed E-state index contributed by atoms with van der Waals surface area (Å²) in [7, 11) is 1.77. The molecular formula is C23H20BrN3OS. The van der Waals surface area contributed by atoms with Gasteiger partial charge in [0.15, 0.2) is 5.17 Å². The Morgan fingerprint density at radius 1 is 1.03 bits per heavy atom. The maximum Gasteiger partial charge on any atom is 0.266 e. The van der Waals surface area contributed by atoms with Crippen LogP contribution in [0.3, 0.4) is 0 Å². The lowest BCUT2D eigenvalue weighted by atomic mass is 10.1. The normalized spacial score (nSPS) is 17.0. The van der Waals surface area contributed by atoms with Crippen molar-refractivity contribution in [1.29, 1.82) is 0 Å². The molecule has 1 saturated heterocycles. The topological polar surface area (TPSA) is 37.6 Å². The molecule has 4 nitrogen and oxygen atoms in total. The van der Waals surface area contributed by atoms with Crippen LogP contribution in [0.1, 0.15) is 16.8 Å². The van der Waals surface area contributed by atoms with E-state index in [2.05, 4.69) is 40.4 Å². The molecule has 1 aromatic heterocycles. The molecule has 146 valence electrons. The molecule has 1 aliphatic heterocycles. The van der Waals surface area contributed by atoms with Crippen molar-refractivity contribution in [3.05, 3.63) is 87.0 Å². The third-order valence-electron chi connectivity index (χ3n) is 4.86. The molecule has 4 rings (SSSR count). The van der Waals surface area contributed by atoms with Crippen molar-refractivity contribution in [3.63, 3.8) is 0 Å². The van der Waals surface area contributed by atoms with E-state index >= 15 is 0 Å². The van der Waals surface area contributed by atoms with Crippen molar-refractivity contribution in [2.75, 3.05) is 7.05 Å². The number of aryl methyl sites for hydroxylation is 2. The fourth-order valence-corrected chi connectivity index (χ4v) is 4.42. The molecule has 1 aliphatic rings. The van der Waals surface area contributed by atoms with E-state index in [1.807, 2.05) is 60.8 Å². The number of halogens is 1. The molecule has 6 heteroatoms. The zero-order valence-corrected chi connectivity index (χ0v) is 18.8. The van der Waals surface area contributed by atoms with E-state index in [1.54, 1.807) is 11.9 Å². The van der Waals surface area contributed by atoms with Crippen molar-refractivity contribution in [1.82, 2.24) is 9.47 Å². The fraction of sp³-hybridized carbons (Fsp3) is 0.130. The summed E-state index contributed by atoms with van der Waals surface area (Å²) in [6.07, 6.45) is 3.92. The molecule has 3 aromatic rings. The van der Waals surface area contributed by atoms with Crippen molar-refractivity contribution in [3.8, 4) is 5.69 Å². The molecular weight excluding hydrogens is 446 g/mol. The Kier molecular flexibility index (Phi) is 5.48. The van der Waals surface area contributed by atoms with Gasteiger partial charge in [-0.15, -0.1) is 0 Å². The lowest BCUT2D eigenvalue weighted by Gasteiger charge is -2.08. The van der Waals surface area contributed by atoms with Crippen LogP contribution in [0.5, 0.6) is 0 Å². The summed E-state index contributed by atoms with van der Waals surface area (Å²) in [5, 5.41) is 0.685. The minimum Gasteiger partial charge on any atom is -0.317 e. The molecule has 0 spiro atoms. The molecule has 1 fully saturated rings. The van der Waals surface area contributed by atoms with Gasteiger partial charge in [0.05, 0.1) is 10.6 Å². The van der Waals surface area contributed by atoms with E-state index in [0.29, 0.717) is 10.1 Å². The Labute approximate surface area is 183 Å². The molecule has 1 amide bonds. The van der Waals surface area contributed by atoms with Gasteiger partial charge in [-0.1, -0.05) is 28.1 Å². The smallest absolute Gasteiger partial charge is 0.266 e. The summed E-state index contributed by atoms with van der Waals surface area (Å²) in [4.78, 5) is 19.8. The predicted molar refractivity (Wildman–Crippen MR) is 125 cm³/mol. The van der Waals surface area contributed by atoms with Crippen LogP contribution in [0.15, 0.2) is 75.2 Å². The first-order valence-electron chi connectivity index (χ1n) is 9.19. The van der Waals surface area contributed by atoms with E-state index in [1.165, 1.54) is 22.9 Å². The van der Waals surface area contributed by atoms with E-state index in [4.69, 9.17) is 4.99 Å². The zero-order valence-electron chi connectivity index (χ0n) is 16.4. The van der Waals surface area contributed by atoms with Gasteiger partial charge in [0.1, 0.15) is 0 Å². The third-order valence-corrected chi connectivity index (χ3v) is 6.42. The van der Waals surface area contributed by atoms with Crippen molar-refractivity contribution >= 4 is 50.5 Å². The predicted octanol–water partition coefficient (Wildman–Crippen LogP) is 6.09. The van der Waals surface area contributed by atoms with E-state index in [-0.39, 0.29) is 5.91 Å². The van der Waals surface area contributed by atoms with Crippen LogP contribution in [0.25, 0.3) is 11.8 Å². The lowest BCUT2D eigenvalue weighted by molar-refractivity contribution is -0.121. The molecule has 2 aromatic carbocycles. The summed E-state index contributed by atoms with van der Waals surface area (Å²) in [5.74, 6) is -0.0421. The number of carbonyl (C=O) groups excluding carboxylic acids is 1. The number of aliphatic imine (C=N–C) groups is 1. The SMILES string of the molecule is Cc1ccc(N=C2S/C(=C\c3cccn3-c3cccc(Br)c3)C(=O)N2C)cc1C. The Balaban J connectivity index is 1.66. The van der Waals surface area contributed by atoms with Gasteiger partial charge in [-0.05, 0) is 85.3 Å². The molecule has 2 heterocycles. The van der Waals surface area contributed by atoms with Crippen molar-refractivity contribution in [2.24, 2.45) is 4.99 Å². The first-order valence-corrected chi connectivity index (χ1v) is 10.8. The highest BCUT2D eigenvalue weighted by Gasteiger charge is 2.30. The van der Waals surface area contributed by atoms with Gasteiger partial charge >= 0.3 is 0 Å². The minimum atomic E-state index is -0.0421. The minimum absolute atomic E-state index is 0.0421. The van der Waals surface area contributed by atoms with Gasteiger partial charge in [-0.3, -0.25) is 9.69 Å². The molecule has 0 unspecified atom stereocenters. The second-order valence-corrected chi connectivity index (χ2v) is 8.85. The van der Waals surface area contributed by atoms with Crippen LogP contribution in [0.4, 0.5) is 5.69 Å². The molecule has 29 heavy (non-hydrogen) atoms. The quantitative estimate of drug-likeness (QED) is 0.438. The number of hydrogen-bond donors (Lipinski definition) is 0. The van der Waals surface area contributed by atoms with Gasteiger partial charge in [-0.25, -0.2) is 4.99 Å². The highest BCUT2D eigenvalue weighted by atomic mass is 79.9. The molecule has 0 aliphatic carbocycles. The number of amidine groups is 1. The maximum atomic E-state index is 12.8. The monoisotopic (exact) mass is 465 g/mol. The first kappa shape index (κ1) is 19.7. The van der Waals surface area contributed by atoms with Gasteiger partial charge in [0, 0.05) is 29.1 Å². The van der Waals surface area contributed by atoms with Gasteiger partial charge in [0.2, 0.25) is 0 Å². The number of likely N-dealkylation sites (N-methyl/N-ethyl adjacent to an activating group) is 1. The summed E-state index contributed by atoms with van der Waals surface area (Å²) < 4.78 is 3.07. The fourth-order valence-electron chi connectivity index (χ4n) is 3.06.